The van der Waals surface area contributed by atoms with E-state index in [4.69, 9.17) is 9.47 Å². The first-order chi connectivity index (χ1) is 9.67. The third kappa shape index (κ3) is 3.05. The predicted octanol–water partition coefficient (Wildman–Crippen LogP) is 3.32. The van der Waals surface area contributed by atoms with Crippen molar-refractivity contribution < 1.29 is 14.3 Å². The SMILES string of the molecule is O=C(Nc1ccc(Br)cc1)C1CCC2(CC1)OCCO2. The summed E-state index contributed by atoms with van der Waals surface area (Å²) in [4.78, 5) is 12.3. The standard InChI is InChI=1S/C15H18BrNO3/c16-12-1-3-13(4-2-12)17-14(18)11-5-7-15(8-6-11)19-9-10-20-15/h1-4,11H,5-10H2,(H,17,18). The minimum Gasteiger partial charge on any atom is -0.348 e. The van der Waals surface area contributed by atoms with Gasteiger partial charge in [0.1, 0.15) is 0 Å². The van der Waals surface area contributed by atoms with Gasteiger partial charge in [0, 0.05) is 28.9 Å². The van der Waals surface area contributed by atoms with Crippen LogP contribution in [0.5, 0.6) is 0 Å². The Hall–Kier alpha value is -0.910. The van der Waals surface area contributed by atoms with Gasteiger partial charge in [-0.15, -0.1) is 0 Å². The molecule has 2 fully saturated rings. The van der Waals surface area contributed by atoms with Gasteiger partial charge < -0.3 is 14.8 Å². The molecular weight excluding hydrogens is 322 g/mol. The van der Waals surface area contributed by atoms with Gasteiger partial charge in [0.15, 0.2) is 5.79 Å². The molecule has 20 heavy (non-hydrogen) atoms. The first-order valence-corrected chi connectivity index (χ1v) is 7.81. The molecule has 0 bridgehead atoms. The van der Waals surface area contributed by atoms with E-state index in [9.17, 15) is 4.79 Å². The second-order valence-corrected chi connectivity index (χ2v) is 6.29. The van der Waals surface area contributed by atoms with Gasteiger partial charge in [-0.1, -0.05) is 15.9 Å². The quantitative estimate of drug-likeness (QED) is 0.898. The average molecular weight is 340 g/mol. The van der Waals surface area contributed by atoms with Crippen molar-refractivity contribution in [2.75, 3.05) is 18.5 Å². The van der Waals surface area contributed by atoms with E-state index in [1.54, 1.807) is 0 Å². The molecule has 5 heteroatoms. The van der Waals surface area contributed by atoms with Gasteiger partial charge in [-0.2, -0.15) is 0 Å². The van der Waals surface area contributed by atoms with Gasteiger partial charge in [0.2, 0.25) is 5.91 Å². The summed E-state index contributed by atoms with van der Waals surface area (Å²) in [7, 11) is 0. The number of rotatable bonds is 2. The van der Waals surface area contributed by atoms with Crippen LogP contribution in [0, 0.1) is 5.92 Å². The molecule has 1 aromatic rings. The smallest absolute Gasteiger partial charge is 0.227 e. The van der Waals surface area contributed by atoms with Gasteiger partial charge in [-0.25, -0.2) is 0 Å². The van der Waals surface area contributed by atoms with Crippen molar-refractivity contribution in [3.8, 4) is 0 Å². The van der Waals surface area contributed by atoms with Gasteiger partial charge in [0.05, 0.1) is 13.2 Å². The number of nitrogens with one attached hydrogen (secondary N) is 1. The lowest BCUT2D eigenvalue weighted by molar-refractivity contribution is -0.182. The monoisotopic (exact) mass is 339 g/mol. The zero-order valence-electron chi connectivity index (χ0n) is 11.2. The van der Waals surface area contributed by atoms with Crippen LogP contribution in [0.1, 0.15) is 25.7 Å². The largest absolute Gasteiger partial charge is 0.348 e. The summed E-state index contributed by atoms with van der Waals surface area (Å²) in [6.45, 7) is 1.35. The molecule has 4 nitrogen and oxygen atoms in total. The van der Waals surface area contributed by atoms with Crippen molar-refractivity contribution in [2.45, 2.75) is 31.5 Å². The van der Waals surface area contributed by atoms with E-state index in [2.05, 4.69) is 21.2 Å². The molecule has 2 aliphatic rings. The van der Waals surface area contributed by atoms with Crippen LogP contribution in [0.25, 0.3) is 0 Å². The molecule has 1 heterocycles. The first kappa shape index (κ1) is 14.0. The Labute approximate surface area is 127 Å². The number of carbonyl (C=O) groups excluding carboxylic acids is 1. The van der Waals surface area contributed by atoms with Crippen molar-refractivity contribution >= 4 is 27.5 Å². The first-order valence-electron chi connectivity index (χ1n) is 7.01. The van der Waals surface area contributed by atoms with Crippen LogP contribution in [-0.4, -0.2) is 24.9 Å². The van der Waals surface area contributed by atoms with Crippen LogP contribution in [0.2, 0.25) is 0 Å². The third-order valence-corrected chi connectivity index (χ3v) is 4.57. The maximum atomic E-state index is 12.3. The van der Waals surface area contributed by atoms with Crippen molar-refractivity contribution in [1.82, 2.24) is 0 Å². The molecule has 1 spiro atoms. The molecule has 0 unspecified atom stereocenters. The van der Waals surface area contributed by atoms with E-state index in [1.807, 2.05) is 24.3 Å². The van der Waals surface area contributed by atoms with Crippen LogP contribution in [-0.2, 0) is 14.3 Å². The second-order valence-electron chi connectivity index (χ2n) is 5.38. The number of carbonyl (C=O) groups is 1. The van der Waals surface area contributed by atoms with Gasteiger partial charge >= 0.3 is 0 Å². The van der Waals surface area contributed by atoms with Crippen LogP contribution in [0.4, 0.5) is 5.69 Å². The van der Waals surface area contributed by atoms with E-state index in [-0.39, 0.29) is 11.8 Å². The lowest BCUT2D eigenvalue weighted by atomic mass is 9.84. The lowest BCUT2D eigenvalue weighted by Crippen LogP contribution is -2.38. The Morgan fingerprint density at radius 1 is 1.15 bits per heavy atom. The van der Waals surface area contributed by atoms with E-state index < -0.39 is 5.79 Å². The summed E-state index contributed by atoms with van der Waals surface area (Å²) >= 11 is 3.38. The Balaban J connectivity index is 1.55. The van der Waals surface area contributed by atoms with Crippen molar-refractivity contribution in [3.63, 3.8) is 0 Å². The van der Waals surface area contributed by atoms with Crippen molar-refractivity contribution in [3.05, 3.63) is 28.7 Å². The number of hydrogen-bond donors (Lipinski definition) is 1. The fourth-order valence-corrected chi connectivity index (χ4v) is 3.15. The summed E-state index contributed by atoms with van der Waals surface area (Å²) in [6.07, 6.45) is 3.27. The van der Waals surface area contributed by atoms with Gasteiger partial charge in [0.25, 0.3) is 0 Å². The maximum Gasteiger partial charge on any atom is 0.227 e. The topological polar surface area (TPSA) is 47.6 Å². The maximum absolute atomic E-state index is 12.3. The Bertz CT molecular complexity index is 472. The molecule has 108 valence electrons. The summed E-state index contributed by atoms with van der Waals surface area (Å²) in [5, 5.41) is 2.98. The fraction of sp³-hybridized carbons (Fsp3) is 0.533. The lowest BCUT2D eigenvalue weighted by Gasteiger charge is -2.34. The molecule has 1 aliphatic heterocycles. The molecule has 0 aromatic heterocycles. The molecule has 1 saturated heterocycles. The number of amides is 1. The molecule has 1 amide bonds. The van der Waals surface area contributed by atoms with Crippen LogP contribution in [0.3, 0.4) is 0 Å². The summed E-state index contributed by atoms with van der Waals surface area (Å²) in [5.41, 5.74) is 0.840. The molecule has 1 aliphatic carbocycles. The highest BCUT2D eigenvalue weighted by atomic mass is 79.9. The number of ether oxygens (including phenoxy) is 2. The summed E-state index contributed by atoms with van der Waals surface area (Å²) < 4.78 is 12.4. The fourth-order valence-electron chi connectivity index (χ4n) is 2.88. The van der Waals surface area contributed by atoms with Crippen molar-refractivity contribution in [2.24, 2.45) is 5.92 Å². The average Bonchev–Trinajstić information content (AvgIpc) is 2.90. The molecular formula is C15H18BrNO3. The molecule has 1 N–H and O–H groups in total. The third-order valence-electron chi connectivity index (χ3n) is 4.04. The van der Waals surface area contributed by atoms with E-state index >= 15 is 0 Å². The van der Waals surface area contributed by atoms with Crippen LogP contribution in [0.15, 0.2) is 28.7 Å². The summed E-state index contributed by atoms with van der Waals surface area (Å²) in [6, 6.07) is 7.64. The van der Waals surface area contributed by atoms with Crippen molar-refractivity contribution in [1.29, 1.82) is 0 Å². The number of hydrogen-bond acceptors (Lipinski definition) is 3. The summed E-state index contributed by atoms with van der Waals surface area (Å²) in [5.74, 6) is -0.244. The number of halogens is 1. The molecule has 0 atom stereocenters. The predicted molar refractivity (Wildman–Crippen MR) is 79.4 cm³/mol. The Morgan fingerprint density at radius 2 is 1.75 bits per heavy atom. The normalized spacial score (nSPS) is 22.1. The minimum atomic E-state index is -0.394. The second kappa shape index (κ2) is 5.84. The van der Waals surface area contributed by atoms with E-state index in [0.29, 0.717) is 13.2 Å². The molecule has 0 radical (unpaired) electrons. The van der Waals surface area contributed by atoms with Gasteiger partial charge in [-0.3, -0.25) is 4.79 Å². The number of anilines is 1. The van der Waals surface area contributed by atoms with Crippen LogP contribution >= 0.6 is 15.9 Å². The highest BCUT2D eigenvalue weighted by molar-refractivity contribution is 9.10. The molecule has 3 rings (SSSR count). The molecule has 1 saturated carbocycles. The zero-order chi connectivity index (χ0) is 14.0. The van der Waals surface area contributed by atoms with Gasteiger partial charge in [-0.05, 0) is 37.1 Å². The highest BCUT2D eigenvalue weighted by Crippen LogP contribution is 2.38. The molecule has 1 aromatic carbocycles. The Morgan fingerprint density at radius 3 is 2.35 bits per heavy atom. The van der Waals surface area contributed by atoms with E-state index in [1.165, 1.54) is 0 Å². The van der Waals surface area contributed by atoms with Crippen LogP contribution < -0.4 is 5.32 Å². The minimum absolute atomic E-state index is 0.0528. The van der Waals surface area contributed by atoms with E-state index in [0.717, 1.165) is 35.8 Å². The Kier molecular flexibility index (Phi) is 4.10. The highest BCUT2D eigenvalue weighted by Gasteiger charge is 2.41. The zero-order valence-corrected chi connectivity index (χ0v) is 12.8. The number of benzene rings is 1.